The van der Waals surface area contributed by atoms with Crippen molar-refractivity contribution in [3.8, 4) is 11.1 Å². The van der Waals surface area contributed by atoms with Crippen LogP contribution >= 0.6 is 0 Å². The van der Waals surface area contributed by atoms with E-state index >= 15 is 0 Å². The van der Waals surface area contributed by atoms with Gasteiger partial charge in [-0.1, -0.05) is 60.7 Å². The van der Waals surface area contributed by atoms with Gasteiger partial charge in [-0.3, -0.25) is 0 Å². The van der Waals surface area contributed by atoms with E-state index in [1.54, 1.807) is 103 Å². The maximum absolute atomic E-state index is 12.9. The SMILES string of the molecule is N=S(=O)(c1ccccc1)c1ccc(-c2ccc(S(=O)(=O)c3ccccc3)cc2)cc1. The maximum atomic E-state index is 12.9. The molecule has 0 saturated carbocycles. The summed E-state index contributed by atoms with van der Waals surface area (Å²) in [5.41, 5.74) is 1.69. The molecule has 1 atom stereocenters. The summed E-state index contributed by atoms with van der Waals surface area (Å²) < 4.78 is 46.7. The van der Waals surface area contributed by atoms with Gasteiger partial charge in [0.05, 0.1) is 19.6 Å². The van der Waals surface area contributed by atoms with Gasteiger partial charge in [-0.15, -0.1) is 0 Å². The molecule has 4 rings (SSSR count). The third-order valence-electron chi connectivity index (χ3n) is 4.81. The van der Waals surface area contributed by atoms with Gasteiger partial charge in [0, 0.05) is 0 Å². The summed E-state index contributed by atoms with van der Waals surface area (Å²) in [6, 6.07) is 30.7. The summed E-state index contributed by atoms with van der Waals surface area (Å²) in [6.45, 7) is 0. The molecule has 0 amide bonds. The normalized spacial score (nSPS) is 13.5. The van der Waals surface area contributed by atoms with Crippen LogP contribution in [0.2, 0.25) is 0 Å². The average molecular weight is 434 g/mol. The zero-order valence-corrected chi connectivity index (χ0v) is 17.6. The molecule has 0 heterocycles. The summed E-state index contributed by atoms with van der Waals surface area (Å²) in [5, 5.41) is 0. The third kappa shape index (κ3) is 3.79. The van der Waals surface area contributed by atoms with E-state index in [0.717, 1.165) is 11.1 Å². The van der Waals surface area contributed by atoms with Gasteiger partial charge in [0.25, 0.3) is 0 Å². The van der Waals surface area contributed by atoms with Crippen LogP contribution in [0.15, 0.2) is 129 Å². The van der Waals surface area contributed by atoms with E-state index in [9.17, 15) is 12.6 Å². The van der Waals surface area contributed by atoms with Gasteiger partial charge in [-0.05, 0) is 59.7 Å². The molecule has 0 radical (unpaired) electrons. The lowest BCUT2D eigenvalue weighted by Crippen LogP contribution is -2.01. The molecule has 0 bridgehead atoms. The van der Waals surface area contributed by atoms with E-state index in [1.807, 2.05) is 6.07 Å². The summed E-state index contributed by atoms with van der Waals surface area (Å²) in [6.07, 6.45) is 0. The second-order valence-electron chi connectivity index (χ2n) is 6.73. The second-order valence-corrected chi connectivity index (χ2v) is 10.7. The molecule has 0 aliphatic rings. The second kappa shape index (κ2) is 7.89. The van der Waals surface area contributed by atoms with Crippen molar-refractivity contribution in [1.29, 1.82) is 4.78 Å². The Labute approximate surface area is 176 Å². The molecule has 0 spiro atoms. The predicted octanol–water partition coefficient (Wildman–Crippen LogP) is 5.65. The highest BCUT2D eigenvalue weighted by molar-refractivity contribution is 7.92. The number of rotatable bonds is 5. The fourth-order valence-electron chi connectivity index (χ4n) is 3.15. The van der Waals surface area contributed by atoms with E-state index in [-0.39, 0.29) is 9.79 Å². The number of hydrogen-bond donors (Lipinski definition) is 1. The van der Waals surface area contributed by atoms with Crippen molar-refractivity contribution >= 4 is 19.6 Å². The van der Waals surface area contributed by atoms with Crippen LogP contribution in [0.25, 0.3) is 11.1 Å². The van der Waals surface area contributed by atoms with Crippen LogP contribution in [0.4, 0.5) is 0 Å². The molecule has 0 aliphatic heterocycles. The summed E-state index contributed by atoms with van der Waals surface area (Å²) in [4.78, 5) is 1.38. The quantitative estimate of drug-likeness (QED) is 0.442. The lowest BCUT2D eigenvalue weighted by molar-refractivity contribution is 0.596. The first-order chi connectivity index (χ1) is 14.4. The predicted molar refractivity (Wildman–Crippen MR) is 118 cm³/mol. The standard InChI is InChI=1S/C24H19NO3S2/c25-29(26,21-7-3-1-4-8-21)22-15-11-19(12-16-22)20-13-17-24(18-14-20)30(27,28)23-9-5-2-6-10-23/h1-18,25H. The molecule has 1 N–H and O–H groups in total. The minimum absolute atomic E-state index is 0.229. The van der Waals surface area contributed by atoms with Gasteiger partial charge in [0.15, 0.2) is 0 Å². The van der Waals surface area contributed by atoms with Crippen molar-refractivity contribution in [1.82, 2.24) is 0 Å². The van der Waals surface area contributed by atoms with E-state index in [4.69, 9.17) is 4.78 Å². The highest BCUT2D eigenvalue weighted by atomic mass is 32.2. The number of benzene rings is 4. The Bertz CT molecular complexity index is 1250. The van der Waals surface area contributed by atoms with E-state index < -0.39 is 19.6 Å². The number of sulfone groups is 1. The minimum atomic E-state index is -3.56. The van der Waals surface area contributed by atoms with E-state index in [0.29, 0.717) is 9.79 Å². The molecule has 0 aliphatic carbocycles. The van der Waals surface area contributed by atoms with Gasteiger partial charge in [-0.2, -0.15) is 0 Å². The first-order valence-electron chi connectivity index (χ1n) is 9.23. The molecule has 6 heteroatoms. The van der Waals surface area contributed by atoms with E-state index in [1.165, 1.54) is 0 Å². The van der Waals surface area contributed by atoms with Crippen molar-refractivity contribution < 1.29 is 12.6 Å². The van der Waals surface area contributed by atoms with Crippen LogP contribution in [0, 0.1) is 4.78 Å². The third-order valence-corrected chi connectivity index (χ3v) is 8.47. The van der Waals surface area contributed by atoms with Crippen LogP contribution < -0.4 is 0 Å². The molecule has 0 aromatic heterocycles. The zero-order chi connectivity index (χ0) is 21.2. The Morgan fingerprint density at radius 3 is 1.23 bits per heavy atom. The monoisotopic (exact) mass is 433 g/mol. The van der Waals surface area contributed by atoms with Crippen LogP contribution in [0.1, 0.15) is 0 Å². The van der Waals surface area contributed by atoms with Crippen molar-refractivity contribution in [3.05, 3.63) is 109 Å². The Morgan fingerprint density at radius 2 is 0.767 bits per heavy atom. The van der Waals surface area contributed by atoms with Crippen molar-refractivity contribution in [2.45, 2.75) is 19.6 Å². The van der Waals surface area contributed by atoms with Crippen molar-refractivity contribution in [3.63, 3.8) is 0 Å². The highest BCUT2D eigenvalue weighted by Gasteiger charge is 2.17. The Kier molecular flexibility index (Phi) is 5.28. The first kappa shape index (κ1) is 20.1. The van der Waals surface area contributed by atoms with Gasteiger partial charge < -0.3 is 0 Å². The Morgan fingerprint density at radius 1 is 0.433 bits per heavy atom. The van der Waals surface area contributed by atoms with Gasteiger partial charge in [0.2, 0.25) is 9.84 Å². The topological polar surface area (TPSA) is 75.1 Å². The maximum Gasteiger partial charge on any atom is 0.206 e. The summed E-state index contributed by atoms with van der Waals surface area (Å²) in [5.74, 6) is 0. The molecular weight excluding hydrogens is 414 g/mol. The Hall–Kier alpha value is -3.22. The Balaban J connectivity index is 1.62. The molecule has 30 heavy (non-hydrogen) atoms. The van der Waals surface area contributed by atoms with E-state index in [2.05, 4.69) is 0 Å². The average Bonchev–Trinajstić information content (AvgIpc) is 2.80. The van der Waals surface area contributed by atoms with Gasteiger partial charge >= 0.3 is 0 Å². The van der Waals surface area contributed by atoms with Crippen LogP contribution in [0.5, 0.6) is 0 Å². The smallest absolute Gasteiger partial charge is 0.206 e. The summed E-state index contributed by atoms with van der Waals surface area (Å²) in [7, 11) is -6.63. The molecule has 150 valence electrons. The number of nitrogens with one attached hydrogen (secondary N) is 1. The first-order valence-corrected chi connectivity index (χ1v) is 12.3. The molecule has 4 aromatic rings. The van der Waals surface area contributed by atoms with Crippen LogP contribution in [-0.4, -0.2) is 12.6 Å². The molecule has 4 aromatic carbocycles. The van der Waals surface area contributed by atoms with Crippen LogP contribution in [0.3, 0.4) is 0 Å². The zero-order valence-electron chi connectivity index (χ0n) is 15.9. The van der Waals surface area contributed by atoms with Crippen molar-refractivity contribution in [2.24, 2.45) is 0 Å². The molecule has 0 saturated heterocycles. The largest absolute Gasteiger partial charge is 0.245 e. The minimum Gasteiger partial charge on any atom is -0.245 e. The lowest BCUT2D eigenvalue weighted by Gasteiger charge is -2.10. The fourth-order valence-corrected chi connectivity index (χ4v) is 5.76. The summed E-state index contributed by atoms with van der Waals surface area (Å²) >= 11 is 0. The van der Waals surface area contributed by atoms with Gasteiger partial charge in [-0.25, -0.2) is 17.4 Å². The van der Waals surface area contributed by atoms with Gasteiger partial charge in [0.1, 0.15) is 9.73 Å². The number of hydrogen-bond acceptors (Lipinski definition) is 4. The molecule has 1 unspecified atom stereocenters. The highest BCUT2D eigenvalue weighted by Crippen LogP contribution is 2.27. The molecule has 0 fully saturated rings. The lowest BCUT2D eigenvalue weighted by atomic mass is 10.1. The molecular formula is C24H19NO3S2. The fraction of sp³-hybridized carbons (Fsp3) is 0. The van der Waals surface area contributed by atoms with Crippen molar-refractivity contribution in [2.75, 3.05) is 0 Å². The molecule has 4 nitrogen and oxygen atoms in total. The van der Waals surface area contributed by atoms with Crippen LogP contribution in [-0.2, 0) is 19.6 Å².